The monoisotopic (exact) mass is 188 g/mol. The van der Waals surface area contributed by atoms with Crippen molar-refractivity contribution in [1.82, 2.24) is 10.3 Å². The number of nitrogens with one attached hydrogen (secondary N) is 1. The van der Waals surface area contributed by atoms with Gasteiger partial charge in [-0.25, -0.2) is 4.98 Å². The molecular weight excluding hydrogens is 178 g/mol. The number of hydrogen-bond acceptors (Lipinski definition) is 3. The van der Waals surface area contributed by atoms with Gasteiger partial charge in [0, 0.05) is 18.8 Å². The summed E-state index contributed by atoms with van der Waals surface area (Å²) in [5, 5.41) is 2.89. The molecular formula is C8H10F2N2O. The van der Waals surface area contributed by atoms with Gasteiger partial charge in [-0.2, -0.15) is 8.78 Å². The summed E-state index contributed by atoms with van der Waals surface area (Å²) in [7, 11) is 1.77. The molecule has 1 aromatic rings. The summed E-state index contributed by atoms with van der Waals surface area (Å²) in [6.07, 6.45) is 1.43. The van der Waals surface area contributed by atoms with Crippen molar-refractivity contribution < 1.29 is 13.5 Å². The standard InChI is InChI=1S/C8H10F2N2O/c1-11-5-6-2-3-12-7(4-6)13-8(9)10/h2-4,8,11H,5H2,1H3. The van der Waals surface area contributed by atoms with Gasteiger partial charge in [0.15, 0.2) is 0 Å². The van der Waals surface area contributed by atoms with Crippen molar-refractivity contribution in [2.75, 3.05) is 7.05 Å². The highest BCUT2D eigenvalue weighted by molar-refractivity contribution is 5.20. The van der Waals surface area contributed by atoms with Gasteiger partial charge in [-0.1, -0.05) is 0 Å². The summed E-state index contributed by atoms with van der Waals surface area (Å²) < 4.78 is 27.6. The maximum Gasteiger partial charge on any atom is 0.388 e. The molecule has 0 unspecified atom stereocenters. The molecule has 0 aliphatic rings. The summed E-state index contributed by atoms with van der Waals surface area (Å²) in [6.45, 7) is -2.22. The van der Waals surface area contributed by atoms with Crippen LogP contribution in [-0.2, 0) is 6.54 Å². The average Bonchev–Trinajstić information content (AvgIpc) is 2.04. The lowest BCUT2D eigenvalue weighted by Gasteiger charge is -2.04. The van der Waals surface area contributed by atoms with Gasteiger partial charge in [-0.3, -0.25) is 0 Å². The first-order chi connectivity index (χ1) is 6.22. The van der Waals surface area contributed by atoms with Gasteiger partial charge in [0.25, 0.3) is 0 Å². The molecule has 1 aromatic heterocycles. The average molecular weight is 188 g/mol. The van der Waals surface area contributed by atoms with Crippen LogP contribution in [0.4, 0.5) is 8.78 Å². The van der Waals surface area contributed by atoms with Crippen molar-refractivity contribution in [3.05, 3.63) is 23.9 Å². The van der Waals surface area contributed by atoms with Crippen LogP contribution in [0.3, 0.4) is 0 Å². The van der Waals surface area contributed by atoms with Gasteiger partial charge < -0.3 is 10.1 Å². The molecule has 0 fully saturated rings. The van der Waals surface area contributed by atoms with Crippen LogP contribution in [0.1, 0.15) is 5.56 Å². The van der Waals surface area contributed by atoms with Crippen LogP contribution in [0.25, 0.3) is 0 Å². The number of aromatic nitrogens is 1. The van der Waals surface area contributed by atoms with E-state index >= 15 is 0 Å². The van der Waals surface area contributed by atoms with E-state index in [0.29, 0.717) is 6.54 Å². The van der Waals surface area contributed by atoms with E-state index in [1.165, 1.54) is 12.3 Å². The topological polar surface area (TPSA) is 34.2 Å². The SMILES string of the molecule is CNCc1ccnc(OC(F)F)c1. The van der Waals surface area contributed by atoms with E-state index in [9.17, 15) is 8.78 Å². The maximum absolute atomic E-state index is 11.8. The fraction of sp³-hybridized carbons (Fsp3) is 0.375. The number of halogens is 2. The summed E-state index contributed by atoms with van der Waals surface area (Å²) in [5.74, 6) is -0.0530. The van der Waals surface area contributed by atoms with Crippen molar-refractivity contribution in [2.45, 2.75) is 13.2 Å². The van der Waals surface area contributed by atoms with Crippen LogP contribution in [0.5, 0.6) is 5.88 Å². The summed E-state index contributed by atoms with van der Waals surface area (Å²) in [5.41, 5.74) is 0.855. The highest BCUT2D eigenvalue weighted by Gasteiger charge is 2.05. The smallest absolute Gasteiger partial charge is 0.388 e. The Kier molecular flexibility index (Phi) is 3.57. The van der Waals surface area contributed by atoms with Crippen molar-refractivity contribution in [3.63, 3.8) is 0 Å². The van der Waals surface area contributed by atoms with Gasteiger partial charge in [-0.05, 0) is 18.7 Å². The Balaban J connectivity index is 2.67. The molecule has 1 N–H and O–H groups in total. The normalized spacial score (nSPS) is 10.5. The lowest BCUT2D eigenvalue weighted by atomic mass is 10.3. The van der Waals surface area contributed by atoms with E-state index in [4.69, 9.17) is 0 Å². The number of alkyl halides is 2. The van der Waals surface area contributed by atoms with E-state index in [-0.39, 0.29) is 5.88 Å². The highest BCUT2D eigenvalue weighted by atomic mass is 19.3. The molecule has 0 atom stereocenters. The van der Waals surface area contributed by atoms with Crippen LogP contribution < -0.4 is 10.1 Å². The van der Waals surface area contributed by atoms with Gasteiger partial charge in [-0.15, -0.1) is 0 Å². The minimum atomic E-state index is -2.82. The third kappa shape index (κ3) is 3.33. The zero-order chi connectivity index (χ0) is 9.68. The van der Waals surface area contributed by atoms with Crippen molar-refractivity contribution in [1.29, 1.82) is 0 Å². The molecule has 5 heteroatoms. The first-order valence-corrected chi connectivity index (χ1v) is 3.76. The molecule has 0 aromatic carbocycles. The minimum absolute atomic E-state index is 0.0530. The van der Waals surface area contributed by atoms with Crippen LogP contribution >= 0.6 is 0 Å². The lowest BCUT2D eigenvalue weighted by molar-refractivity contribution is -0.0528. The summed E-state index contributed by atoms with van der Waals surface area (Å²) in [6, 6.07) is 3.21. The molecule has 3 nitrogen and oxygen atoms in total. The summed E-state index contributed by atoms with van der Waals surface area (Å²) >= 11 is 0. The number of hydrogen-bond donors (Lipinski definition) is 1. The van der Waals surface area contributed by atoms with E-state index in [1.54, 1.807) is 13.1 Å². The molecule has 0 spiro atoms. The Morgan fingerprint density at radius 1 is 1.62 bits per heavy atom. The molecule has 0 amide bonds. The quantitative estimate of drug-likeness (QED) is 0.775. The predicted molar refractivity (Wildman–Crippen MR) is 43.6 cm³/mol. The Morgan fingerprint density at radius 3 is 3.00 bits per heavy atom. The Morgan fingerprint density at radius 2 is 2.38 bits per heavy atom. The van der Waals surface area contributed by atoms with Gasteiger partial charge >= 0.3 is 6.61 Å². The van der Waals surface area contributed by atoms with Gasteiger partial charge in [0.2, 0.25) is 5.88 Å². The second-order valence-electron chi connectivity index (χ2n) is 2.41. The third-order valence-corrected chi connectivity index (χ3v) is 1.39. The Bertz CT molecular complexity index is 268. The third-order valence-electron chi connectivity index (χ3n) is 1.39. The molecule has 0 saturated heterocycles. The molecule has 72 valence electrons. The molecule has 1 heterocycles. The fourth-order valence-corrected chi connectivity index (χ4v) is 0.920. The first-order valence-electron chi connectivity index (χ1n) is 3.76. The van der Waals surface area contributed by atoms with Crippen molar-refractivity contribution in [3.8, 4) is 5.88 Å². The maximum atomic E-state index is 11.8. The Hall–Kier alpha value is -1.23. The fourth-order valence-electron chi connectivity index (χ4n) is 0.920. The highest BCUT2D eigenvalue weighted by Crippen LogP contribution is 2.11. The van der Waals surface area contributed by atoms with Crippen LogP contribution in [0.15, 0.2) is 18.3 Å². The molecule has 13 heavy (non-hydrogen) atoms. The van der Waals surface area contributed by atoms with Crippen molar-refractivity contribution >= 4 is 0 Å². The van der Waals surface area contributed by atoms with Crippen LogP contribution in [0, 0.1) is 0 Å². The lowest BCUT2D eigenvalue weighted by Crippen LogP contribution is -2.07. The number of pyridine rings is 1. The van der Waals surface area contributed by atoms with E-state index < -0.39 is 6.61 Å². The molecule has 0 aliphatic heterocycles. The molecule has 0 aliphatic carbocycles. The Labute approximate surface area is 74.7 Å². The van der Waals surface area contributed by atoms with Crippen LogP contribution in [-0.4, -0.2) is 18.6 Å². The molecule has 1 rings (SSSR count). The number of nitrogens with zero attached hydrogens (tertiary/aromatic N) is 1. The second kappa shape index (κ2) is 4.71. The number of rotatable bonds is 4. The minimum Gasteiger partial charge on any atom is -0.417 e. The van der Waals surface area contributed by atoms with E-state index in [1.807, 2.05) is 0 Å². The first kappa shape index (κ1) is 9.85. The van der Waals surface area contributed by atoms with Crippen LogP contribution in [0.2, 0.25) is 0 Å². The zero-order valence-electron chi connectivity index (χ0n) is 7.13. The van der Waals surface area contributed by atoms with Gasteiger partial charge in [0.05, 0.1) is 0 Å². The van der Waals surface area contributed by atoms with E-state index in [0.717, 1.165) is 5.56 Å². The molecule has 0 bridgehead atoms. The predicted octanol–water partition coefficient (Wildman–Crippen LogP) is 1.40. The van der Waals surface area contributed by atoms with E-state index in [2.05, 4.69) is 15.0 Å². The summed E-state index contributed by atoms with van der Waals surface area (Å²) in [4.78, 5) is 3.63. The molecule has 0 saturated carbocycles. The zero-order valence-corrected chi connectivity index (χ0v) is 7.13. The second-order valence-corrected chi connectivity index (χ2v) is 2.41. The number of ether oxygens (including phenoxy) is 1. The molecule has 0 radical (unpaired) electrons. The van der Waals surface area contributed by atoms with Gasteiger partial charge in [0.1, 0.15) is 0 Å². The van der Waals surface area contributed by atoms with Crippen molar-refractivity contribution in [2.24, 2.45) is 0 Å². The largest absolute Gasteiger partial charge is 0.417 e.